The van der Waals surface area contributed by atoms with Gasteiger partial charge >= 0.3 is 0 Å². The number of aryl methyl sites for hydroxylation is 1. The summed E-state index contributed by atoms with van der Waals surface area (Å²) in [7, 11) is 0. The van der Waals surface area contributed by atoms with E-state index < -0.39 is 0 Å². The minimum Gasteiger partial charge on any atom is -0.353 e. The lowest BCUT2D eigenvalue weighted by Crippen LogP contribution is -3.13. The lowest BCUT2D eigenvalue weighted by molar-refractivity contribution is -0.717. The summed E-state index contributed by atoms with van der Waals surface area (Å²) in [6.07, 6.45) is 5.72. The van der Waals surface area contributed by atoms with E-state index in [4.69, 9.17) is 5.73 Å². The van der Waals surface area contributed by atoms with Crippen LogP contribution in [0, 0.1) is 12.8 Å². The Bertz CT molecular complexity index is 1070. The Hall–Kier alpha value is -3.24. The lowest BCUT2D eigenvalue weighted by atomic mass is 10.3. The number of carbonyl (C=O) groups excluding carboxylic acids is 1. The minimum atomic E-state index is 0.117. The number of nitrogens with zero attached hydrogens (tertiary/aromatic N) is 3. The number of benzene rings is 1. The summed E-state index contributed by atoms with van der Waals surface area (Å²) in [5.41, 5.74) is 7.96. The molecule has 3 aliphatic rings. The molecule has 10 heteroatoms. The second kappa shape index (κ2) is 7.54. The summed E-state index contributed by atoms with van der Waals surface area (Å²) in [6.45, 7) is 2.60. The van der Waals surface area contributed by atoms with Gasteiger partial charge in [-0.05, 0) is 56.0 Å². The standard InChI is InChI=1S/C20H22N8OS/c1-12-8-17(26-25-12)24-19-11-27(10-18-22-9-16(21)28(18)19)30-15-6-4-14(5-7-15)23-20(29)13-2-3-13/h4-9,11,13H,2-3,10,21H2,1H3,(H,23,29)(H2,24,25,26)/p+1. The first kappa shape index (κ1) is 18.8. The first-order chi connectivity index (χ1) is 14.5. The van der Waals surface area contributed by atoms with Gasteiger partial charge in [0.05, 0.1) is 6.20 Å². The fraction of sp³-hybridized carbons (Fsp3) is 0.250. The first-order valence-electron chi connectivity index (χ1n) is 9.82. The second-order valence-corrected chi connectivity index (χ2v) is 8.72. The maximum Gasteiger partial charge on any atom is 0.235 e. The fourth-order valence-corrected chi connectivity index (χ4v) is 4.25. The monoisotopic (exact) mass is 423 g/mol. The van der Waals surface area contributed by atoms with Crippen molar-refractivity contribution >= 4 is 35.2 Å². The number of rotatable bonds is 6. The molecule has 1 atom stereocenters. The first-order valence-corrected chi connectivity index (χ1v) is 10.6. The smallest absolute Gasteiger partial charge is 0.235 e. The maximum atomic E-state index is 11.9. The van der Waals surface area contributed by atoms with E-state index in [-0.39, 0.29) is 11.8 Å². The number of H-pyrrole nitrogens is 1. The molecule has 2 aliphatic heterocycles. The van der Waals surface area contributed by atoms with E-state index >= 15 is 0 Å². The van der Waals surface area contributed by atoms with Crippen molar-refractivity contribution < 1.29 is 9.69 Å². The number of aromatic amines is 1. The molecule has 1 amide bonds. The number of amides is 1. The molecule has 1 saturated carbocycles. The molecule has 9 nitrogen and oxygen atoms in total. The highest BCUT2D eigenvalue weighted by Gasteiger charge is 2.36. The van der Waals surface area contributed by atoms with Crippen molar-refractivity contribution in [3.05, 3.63) is 60.1 Å². The van der Waals surface area contributed by atoms with Crippen LogP contribution in [0.1, 0.15) is 18.5 Å². The third-order valence-electron chi connectivity index (χ3n) is 5.05. The normalized spacial score (nSPS) is 20.2. The average Bonchev–Trinajstić information content (AvgIpc) is 3.41. The molecule has 0 spiro atoms. The number of carbonyl (C=O) groups is 1. The zero-order valence-electron chi connectivity index (χ0n) is 16.5. The van der Waals surface area contributed by atoms with Gasteiger partial charge in [0.25, 0.3) is 0 Å². The summed E-state index contributed by atoms with van der Waals surface area (Å²) < 4.78 is 2.11. The van der Waals surface area contributed by atoms with Gasteiger partial charge in [0.1, 0.15) is 12.7 Å². The summed E-state index contributed by atoms with van der Waals surface area (Å²) in [5.74, 6) is 3.47. The Labute approximate surface area is 178 Å². The molecular formula is C20H23N8OS+. The SMILES string of the molecule is Cc1cc(NC2=CN(Sc3ccc(NC(=O)C4CC4)cc3)CC3=NC=C(N)[NH+]23)n[nH]1. The van der Waals surface area contributed by atoms with Gasteiger partial charge in [-0.25, -0.2) is 0 Å². The van der Waals surface area contributed by atoms with Crippen LogP contribution in [-0.4, -0.2) is 32.8 Å². The molecule has 1 fully saturated rings. The predicted molar refractivity (Wildman–Crippen MR) is 116 cm³/mol. The molecule has 3 heterocycles. The Morgan fingerprint density at radius 1 is 1.33 bits per heavy atom. The second-order valence-electron chi connectivity index (χ2n) is 7.59. The number of aliphatic imine (C=N–C) groups is 1. The number of hydrogen-bond acceptors (Lipinski definition) is 7. The van der Waals surface area contributed by atoms with Gasteiger partial charge in [0.15, 0.2) is 5.82 Å². The molecule has 1 aromatic heterocycles. The summed E-state index contributed by atoms with van der Waals surface area (Å²) in [4.78, 5) is 18.4. The van der Waals surface area contributed by atoms with Crippen LogP contribution < -0.4 is 21.3 Å². The highest BCUT2D eigenvalue weighted by Crippen LogP contribution is 2.31. The number of nitrogens with two attached hydrogens (primary N) is 1. The van der Waals surface area contributed by atoms with E-state index in [0.717, 1.165) is 51.5 Å². The third kappa shape index (κ3) is 3.91. The van der Waals surface area contributed by atoms with Crippen molar-refractivity contribution in [3.8, 4) is 0 Å². The van der Waals surface area contributed by atoms with E-state index in [0.29, 0.717) is 12.4 Å². The van der Waals surface area contributed by atoms with Crippen LogP contribution in [0.15, 0.2) is 64.3 Å². The number of nitrogens with one attached hydrogen (secondary N) is 4. The Morgan fingerprint density at radius 2 is 2.13 bits per heavy atom. The van der Waals surface area contributed by atoms with Crippen molar-refractivity contribution in [2.75, 3.05) is 17.2 Å². The predicted octanol–water partition coefficient (Wildman–Crippen LogP) is 1.35. The Kier molecular flexibility index (Phi) is 4.72. The van der Waals surface area contributed by atoms with E-state index in [2.05, 4.69) is 30.1 Å². The van der Waals surface area contributed by atoms with Gasteiger partial charge in [-0.2, -0.15) is 15.0 Å². The van der Waals surface area contributed by atoms with Crippen molar-refractivity contribution in [1.82, 2.24) is 14.5 Å². The molecule has 6 N–H and O–H groups in total. The number of aromatic nitrogens is 2. The molecule has 5 rings (SSSR count). The zero-order valence-corrected chi connectivity index (χ0v) is 17.3. The average molecular weight is 424 g/mol. The number of fused-ring (bicyclic) bond motifs is 1. The molecule has 30 heavy (non-hydrogen) atoms. The fourth-order valence-electron chi connectivity index (χ4n) is 3.37. The van der Waals surface area contributed by atoms with Crippen molar-refractivity contribution in [2.24, 2.45) is 16.6 Å². The molecule has 0 bridgehead atoms. The van der Waals surface area contributed by atoms with Crippen LogP contribution in [0.25, 0.3) is 0 Å². The van der Waals surface area contributed by atoms with Crippen LogP contribution >= 0.6 is 11.9 Å². The van der Waals surface area contributed by atoms with Crippen molar-refractivity contribution in [1.29, 1.82) is 0 Å². The van der Waals surface area contributed by atoms with Crippen LogP contribution in [0.2, 0.25) is 0 Å². The van der Waals surface area contributed by atoms with E-state index in [9.17, 15) is 4.79 Å². The molecule has 0 radical (unpaired) electrons. The van der Waals surface area contributed by atoms with Crippen molar-refractivity contribution in [2.45, 2.75) is 24.7 Å². The number of amidine groups is 1. The minimum absolute atomic E-state index is 0.117. The summed E-state index contributed by atoms with van der Waals surface area (Å²) in [6, 6.07) is 9.83. The zero-order chi connectivity index (χ0) is 20.7. The summed E-state index contributed by atoms with van der Waals surface area (Å²) in [5, 5.41) is 13.5. The van der Waals surface area contributed by atoms with Crippen LogP contribution in [-0.2, 0) is 4.79 Å². The van der Waals surface area contributed by atoms with Crippen LogP contribution in [0.5, 0.6) is 0 Å². The Balaban J connectivity index is 1.31. The largest absolute Gasteiger partial charge is 0.353 e. The van der Waals surface area contributed by atoms with Gasteiger partial charge in [-0.15, -0.1) is 0 Å². The molecule has 154 valence electrons. The van der Waals surface area contributed by atoms with Gasteiger partial charge in [-0.3, -0.25) is 19.5 Å². The number of quaternary nitrogens is 1. The third-order valence-corrected chi connectivity index (χ3v) is 6.00. The van der Waals surface area contributed by atoms with Crippen molar-refractivity contribution in [3.63, 3.8) is 0 Å². The molecule has 2 aromatic rings. The van der Waals surface area contributed by atoms with E-state index in [1.165, 1.54) is 0 Å². The van der Waals surface area contributed by atoms with E-state index in [1.54, 1.807) is 18.1 Å². The highest BCUT2D eigenvalue weighted by atomic mass is 32.2. The topological polar surface area (TPSA) is 116 Å². The van der Waals surface area contributed by atoms with Crippen LogP contribution in [0.4, 0.5) is 11.5 Å². The van der Waals surface area contributed by atoms with Gasteiger partial charge < -0.3 is 11.1 Å². The van der Waals surface area contributed by atoms with E-state index in [1.807, 2.05) is 43.5 Å². The molecule has 1 aromatic carbocycles. The maximum absolute atomic E-state index is 11.9. The molecule has 1 aliphatic carbocycles. The Morgan fingerprint density at radius 3 is 2.83 bits per heavy atom. The number of anilines is 2. The summed E-state index contributed by atoms with van der Waals surface area (Å²) >= 11 is 1.60. The van der Waals surface area contributed by atoms with Gasteiger partial charge in [0.2, 0.25) is 23.4 Å². The van der Waals surface area contributed by atoms with Crippen LogP contribution in [0.3, 0.4) is 0 Å². The lowest BCUT2D eigenvalue weighted by Gasteiger charge is -2.28. The van der Waals surface area contributed by atoms with Gasteiger partial charge in [0, 0.05) is 28.3 Å². The quantitative estimate of drug-likeness (QED) is 0.448. The molecule has 0 saturated heterocycles. The highest BCUT2D eigenvalue weighted by molar-refractivity contribution is 7.97. The molecular weight excluding hydrogens is 400 g/mol. The van der Waals surface area contributed by atoms with Gasteiger partial charge in [-0.1, -0.05) is 0 Å². The molecule has 1 unspecified atom stereocenters. The number of hydrogen-bond donors (Lipinski definition) is 5.